The predicted octanol–water partition coefficient (Wildman–Crippen LogP) is 7.11. The van der Waals surface area contributed by atoms with Gasteiger partial charge in [0.15, 0.2) is 0 Å². The highest BCUT2D eigenvalue weighted by Gasteiger charge is 2.18. The molecule has 7 heteroatoms. The van der Waals surface area contributed by atoms with Crippen LogP contribution in [0.15, 0.2) is 114 Å². The topological polar surface area (TPSA) is 55.8 Å². The number of ether oxygens (including phenoxy) is 1. The lowest BCUT2D eigenvalue weighted by molar-refractivity contribution is 0.261. The Morgan fingerprint density at radius 2 is 1.25 bits per heavy atom. The second-order valence-corrected chi connectivity index (χ2v) is 11.2. The van der Waals surface area contributed by atoms with Crippen LogP contribution in [0, 0.1) is 6.92 Å². The maximum atomic E-state index is 12.9. The fraction of sp³-hybridized carbons (Fsp3) is 0.212. The van der Waals surface area contributed by atoms with Gasteiger partial charge in [-0.25, -0.2) is 0 Å². The van der Waals surface area contributed by atoms with Gasteiger partial charge in [0.05, 0.1) is 11.5 Å². The number of hydrogen-bond donors (Lipinski definition) is 0. The van der Waals surface area contributed by atoms with E-state index in [-0.39, 0.29) is 23.9 Å². The fourth-order valence-corrected chi connectivity index (χ4v) is 5.17. The first-order valence-electron chi connectivity index (χ1n) is 13.0. The van der Waals surface area contributed by atoms with Crippen molar-refractivity contribution in [1.82, 2.24) is 4.90 Å². The Labute approximate surface area is 244 Å². The minimum absolute atomic E-state index is 0. The first-order valence-corrected chi connectivity index (χ1v) is 14.4. The average Bonchev–Trinajstić information content (AvgIpc) is 2.94. The molecule has 210 valence electrons. The molecule has 0 saturated carbocycles. The van der Waals surface area contributed by atoms with Gasteiger partial charge in [-0.2, -0.15) is 8.42 Å². The molecule has 0 aromatic heterocycles. The molecule has 0 spiro atoms. The zero-order valence-corrected chi connectivity index (χ0v) is 24.8. The van der Waals surface area contributed by atoms with E-state index in [0.29, 0.717) is 13.0 Å². The van der Waals surface area contributed by atoms with Gasteiger partial charge in [-0.15, -0.1) is 12.4 Å². The van der Waals surface area contributed by atoms with Gasteiger partial charge in [-0.1, -0.05) is 90.5 Å². The third-order valence-electron chi connectivity index (χ3n) is 6.34. The molecule has 4 rings (SSSR count). The molecule has 0 atom stereocenters. The summed E-state index contributed by atoms with van der Waals surface area (Å²) in [6.45, 7) is 3.38. The fourth-order valence-electron chi connectivity index (χ4n) is 4.26. The van der Waals surface area contributed by atoms with E-state index in [2.05, 4.69) is 29.2 Å². The Bertz CT molecular complexity index is 1470. The molecular formula is C33H36ClNO4S. The molecule has 0 amide bonds. The summed E-state index contributed by atoms with van der Waals surface area (Å²) in [5.41, 5.74) is 6.09. The number of hydrogen-bond acceptors (Lipinski definition) is 5. The number of rotatable bonds is 12. The van der Waals surface area contributed by atoms with Crippen LogP contribution in [0.2, 0.25) is 0 Å². The standard InChI is InChI=1S/C33H35NO4S.ClH/c1-26-14-20-31(21-15-26)39(35,36)38-24-22-32(27-10-6-4-7-11-27)33(28-12-8-5-9-13-28)29-16-18-30(19-17-29)37-25-23-34(2)3;/h4-21H,22-25H2,1-3H3;1H. The van der Waals surface area contributed by atoms with E-state index in [1.807, 2.05) is 81.7 Å². The van der Waals surface area contributed by atoms with Crippen LogP contribution in [0.25, 0.3) is 11.1 Å². The van der Waals surface area contributed by atoms with Crippen molar-refractivity contribution >= 4 is 33.7 Å². The normalized spacial score (nSPS) is 12.0. The van der Waals surface area contributed by atoms with Crippen molar-refractivity contribution in [3.63, 3.8) is 0 Å². The number of likely N-dealkylation sites (N-methyl/N-ethyl adjacent to an activating group) is 1. The van der Waals surface area contributed by atoms with Gasteiger partial charge in [0.25, 0.3) is 10.1 Å². The van der Waals surface area contributed by atoms with Crippen molar-refractivity contribution in [1.29, 1.82) is 0 Å². The molecule has 0 aliphatic heterocycles. The molecule has 40 heavy (non-hydrogen) atoms. The SMILES string of the molecule is Cc1ccc(S(=O)(=O)OCCC(=C(c2ccccc2)c2ccc(OCCN(C)C)cc2)c2ccccc2)cc1.Cl. The molecule has 0 aliphatic rings. The Morgan fingerprint density at radius 1 is 0.700 bits per heavy atom. The Kier molecular flexibility index (Phi) is 11.5. The molecule has 0 bridgehead atoms. The predicted molar refractivity (Wildman–Crippen MR) is 165 cm³/mol. The number of benzene rings is 4. The molecule has 5 nitrogen and oxygen atoms in total. The summed E-state index contributed by atoms with van der Waals surface area (Å²) >= 11 is 0. The van der Waals surface area contributed by atoms with Crippen molar-refractivity contribution in [2.75, 3.05) is 33.9 Å². The van der Waals surface area contributed by atoms with Crippen molar-refractivity contribution in [3.8, 4) is 5.75 Å². The van der Waals surface area contributed by atoms with Crippen molar-refractivity contribution in [2.45, 2.75) is 18.2 Å². The lowest BCUT2D eigenvalue weighted by atomic mass is 9.88. The molecule has 0 aliphatic carbocycles. The second-order valence-electron chi connectivity index (χ2n) is 9.60. The van der Waals surface area contributed by atoms with Crippen LogP contribution in [-0.4, -0.2) is 47.2 Å². The Hall–Kier alpha value is -3.42. The summed E-state index contributed by atoms with van der Waals surface area (Å²) in [7, 11) is 0.163. The summed E-state index contributed by atoms with van der Waals surface area (Å²) in [5.74, 6) is 0.807. The van der Waals surface area contributed by atoms with Gasteiger partial charge in [0.2, 0.25) is 0 Å². The van der Waals surface area contributed by atoms with Gasteiger partial charge < -0.3 is 9.64 Å². The van der Waals surface area contributed by atoms with E-state index in [1.165, 1.54) is 0 Å². The minimum atomic E-state index is -3.87. The third kappa shape index (κ3) is 8.54. The van der Waals surface area contributed by atoms with Crippen LogP contribution in [-0.2, 0) is 14.3 Å². The number of nitrogens with zero attached hydrogens (tertiary/aromatic N) is 1. The highest BCUT2D eigenvalue weighted by Crippen LogP contribution is 2.35. The van der Waals surface area contributed by atoms with E-state index >= 15 is 0 Å². The summed E-state index contributed by atoms with van der Waals surface area (Å²) < 4.78 is 37.2. The van der Waals surface area contributed by atoms with Crippen molar-refractivity contribution in [3.05, 3.63) is 131 Å². The molecule has 4 aromatic carbocycles. The maximum absolute atomic E-state index is 12.9. The summed E-state index contributed by atoms with van der Waals surface area (Å²) in [4.78, 5) is 2.24. The molecule has 0 unspecified atom stereocenters. The molecule has 0 saturated heterocycles. The maximum Gasteiger partial charge on any atom is 0.296 e. The van der Waals surface area contributed by atoms with Crippen LogP contribution < -0.4 is 4.74 Å². The van der Waals surface area contributed by atoms with E-state index in [1.54, 1.807) is 24.3 Å². The van der Waals surface area contributed by atoms with Gasteiger partial charge >= 0.3 is 0 Å². The quantitative estimate of drug-likeness (QED) is 0.133. The van der Waals surface area contributed by atoms with Crippen molar-refractivity contribution in [2.24, 2.45) is 0 Å². The molecule has 0 heterocycles. The Balaban J connectivity index is 0.00000441. The van der Waals surface area contributed by atoms with E-state index in [4.69, 9.17) is 8.92 Å². The highest BCUT2D eigenvalue weighted by molar-refractivity contribution is 7.86. The smallest absolute Gasteiger partial charge is 0.296 e. The van der Waals surface area contributed by atoms with E-state index in [9.17, 15) is 8.42 Å². The van der Waals surface area contributed by atoms with E-state index in [0.717, 1.165) is 45.7 Å². The molecule has 0 fully saturated rings. The first kappa shape index (κ1) is 31.1. The van der Waals surface area contributed by atoms with Gasteiger partial charge in [-0.05, 0) is 79.5 Å². The summed E-state index contributed by atoms with van der Waals surface area (Å²) in [5, 5.41) is 0. The monoisotopic (exact) mass is 577 g/mol. The van der Waals surface area contributed by atoms with Crippen LogP contribution in [0.1, 0.15) is 28.7 Å². The molecule has 0 radical (unpaired) electrons. The van der Waals surface area contributed by atoms with Crippen LogP contribution in [0.3, 0.4) is 0 Å². The zero-order valence-electron chi connectivity index (χ0n) is 23.1. The molecule has 4 aromatic rings. The van der Waals surface area contributed by atoms with Gasteiger partial charge in [0.1, 0.15) is 12.4 Å². The lowest BCUT2D eigenvalue weighted by Crippen LogP contribution is -2.19. The average molecular weight is 578 g/mol. The van der Waals surface area contributed by atoms with Crippen LogP contribution in [0.4, 0.5) is 0 Å². The molecular weight excluding hydrogens is 542 g/mol. The van der Waals surface area contributed by atoms with Crippen LogP contribution >= 0.6 is 12.4 Å². The Morgan fingerprint density at radius 3 is 1.82 bits per heavy atom. The lowest BCUT2D eigenvalue weighted by Gasteiger charge is -2.18. The minimum Gasteiger partial charge on any atom is -0.492 e. The van der Waals surface area contributed by atoms with E-state index < -0.39 is 10.1 Å². The first-order chi connectivity index (χ1) is 18.8. The number of halogens is 1. The zero-order chi connectivity index (χ0) is 27.7. The third-order valence-corrected chi connectivity index (χ3v) is 7.66. The summed E-state index contributed by atoms with van der Waals surface area (Å²) in [6, 6.07) is 35.0. The highest BCUT2D eigenvalue weighted by atomic mass is 35.5. The molecule has 0 N–H and O–H groups in total. The largest absolute Gasteiger partial charge is 0.492 e. The number of aryl methyl sites for hydroxylation is 1. The van der Waals surface area contributed by atoms with Crippen molar-refractivity contribution < 1.29 is 17.3 Å². The van der Waals surface area contributed by atoms with Gasteiger partial charge in [0, 0.05) is 6.54 Å². The van der Waals surface area contributed by atoms with Crippen LogP contribution in [0.5, 0.6) is 5.75 Å². The second kappa shape index (κ2) is 14.8. The van der Waals surface area contributed by atoms with Gasteiger partial charge in [-0.3, -0.25) is 4.18 Å². The summed E-state index contributed by atoms with van der Waals surface area (Å²) in [6.07, 6.45) is 0.403.